The lowest BCUT2D eigenvalue weighted by molar-refractivity contribution is 0.0478. The summed E-state index contributed by atoms with van der Waals surface area (Å²) >= 11 is 13.5. The first-order valence-electron chi connectivity index (χ1n) is 8.70. The number of rotatable bonds is 5. The van der Waals surface area contributed by atoms with E-state index in [9.17, 15) is 4.79 Å². The van der Waals surface area contributed by atoms with Gasteiger partial charge in [0.05, 0.1) is 16.1 Å². The SMILES string of the molecule is Cc1c(C(=O)OCc2ccccc2)sc2ncnc(Nc3ccc(Cl)cc3Cl)c12. The monoisotopic (exact) mass is 443 g/mol. The number of aromatic nitrogens is 2. The highest BCUT2D eigenvalue weighted by atomic mass is 35.5. The Labute approximate surface area is 181 Å². The quantitative estimate of drug-likeness (QED) is 0.361. The lowest BCUT2D eigenvalue weighted by Gasteiger charge is -2.09. The number of hydrogen-bond acceptors (Lipinski definition) is 6. The largest absolute Gasteiger partial charge is 0.457 e. The van der Waals surface area contributed by atoms with Gasteiger partial charge >= 0.3 is 5.97 Å². The first-order valence-corrected chi connectivity index (χ1v) is 10.3. The molecule has 2 aromatic carbocycles. The molecule has 0 bridgehead atoms. The van der Waals surface area contributed by atoms with Gasteiger partial charge in [0.25, 0.3) is 0 Å². The van der Waals surface area contributed by atoms with Crippen LogP contribution in [0.5, 0.6) is 0 Å². The second-order valence-corrected chi connectivity index (χ2v) is 8.11. The topological polar surface area (TPSA) is 64.1 Å². The molecule has 29 heavy (non-hydrogen) atoms. The zero-order chi connectivity index (χ0) is 20.4. The maximum Gasteiger partial charge on any atom is 0.349 e. The highest BCUT2D eigenvalue weighted by Crippen LogP contribution is 2.36. The molecule has 0 radical (unpaired) electrons. The van der Waals surface area contributed by atoms with Gasteiger partial charge in [0.1, 0.15) is 28.5 Å². The normalized spacial score (nSPS) is 10.9. The Bertz CT molecular complexity index is 1200. The van der Waals surface area contributed by atoms with E-state index in [1.165, 1.54) is 17.7 Å². The predicted octanol–water partition coefficient (Wildman–Crippen LogP) is 6.41. The van der Waals surface area contributed by atoms with E-state index in [4.69, 9.17) is 27.9 Å². The van der Waals surface area contributed by atoms with Crippen molar-refractivity contribution in [3.05, 3.63) is 80.9 Å². The number of nitrogens with zero attached hydrogens (tertiary/aromatic N) is 2. The van der Waals surface area contributed by atoms with Crippen molar-refractivity contribution >= 4 is 62.2 Å². The smallest absolute Gasteiger partial charge is 0.349 e. The number of carbonyl (C=O) groups is 1. The molecule has 0 spiro atoms. The number of benzene rings is 2. The minimum Gasteiger partial charge on any atom is -0.457 e. The molecule has 0 saturated heterocycles. The highest BCUT2D eigenvalue weighted by Gasteiger charge is 2.21. The first kappa shape index (κ1) is 19.6. The van der Waals surface area contributed by atoms with E-state index in [0.29, 0.717) is 31.3 Å². The molecule has 0 saturated carbocycles. The van der Waals surface area contributed by atoms with Crippen molar-refractivity contribution in [2.45, 2.75) is 13.5 Å². The Morgan fingerprint density at radius 1 is 1.14 bits per heavy atom. The first-order chi connectivity index (χ1) is 14.0. The van der Waals surface area contributed by atoms with Crippen LogP contribution in [0, 0.1) is 6.92 Å². The van der Waals surface area contributed by atoms with Crippen LogP contribution >= 0.6 is 34.5 Å². The predicted molar refractivity (Wildman–Crippen MR) is 117 cm³/mol. The summed E-state index contributed by atoms with van der Waals surface area (Å²) < 4.78 is 5.48. The Morgan fingerprint density at radius 3 is 2.69 bits per heavy atom. The lowest BCUT2D eigenvalue weighted by atomic mass is 10.2. The van der Waals surface area contributed by atoms with Crippen molar-refractivity contribution in [3.8, 4) is 0 Å². The van der Waals surface area contributed by atoms with E-state index in [1.54, 1.807) is 18.2 Å². The van der Waals surface area contributed by atoms with Gasteiger partial charge in [-0.2, -0.15) is 0 Å². The summed E-state index contributed by atoms with van der Waals surface area (Å²) in [5.41, 5.74) is 2.35. The third-order valence-electron chi connectivity index (χ3n) is 4.31. The van der Waals surface area contributed by atoms with Crippen molar-refractivity contribution in [2.24, 2.45) is 0 Å². The van der Waals surface area contributed by atoms with Gasteiger partial charge in [-0.25, -0.2) is 14.8 Å². The average Bonchev–Trinajstić information content (AvgIpc) is 3.07. The highest BCUT2D eigenvalue weighted by molar-refractivity contribution is 7.20. The van der Waals surface area contributed by atoms with E-state index < -0.39 is 0 Å². The molecular weight excluding hydrogens is 429 g/mol. The van der Waals surface area contributed by atoms with E-state index in [1.807, 2.05) is 37.3 Å². The fourth-order valence-corrected chi connectivity index (χ4v) is 4.37. The van der Waals surface area contributed by atoms with Crippen LogP contribution in [0.25, 0.3) is 10.2 Å². The summed E-state index contributed by atoms with van der Waals surface area (Å²) in [6, 6.07) is 14.7. The lowest BCUT2D eigenvalue weighted by Crippen LogP contribution is -2.04. The van der Waals surface area contributed by atoms with Gasteiger partial charge in [0.2, 0.25) is 0 Å². The summed E-state index contributed by atoms with van der Waals surface area (Å²) in [4.78, 5) is 22.5. The molecular formula is C21H15Cl2N3O2S. The summed E-state index contributed by atoms with van der Waals surface area (Å²) in [5, 5.41) is 4.98. The van der Waals surface area contributed by atoms with Gasteiger partial charge in [-0.05, 0) is 36.2 Å². The molecule has 2 aromatic heterocycles. The van der Waals surface area contributed by atoms with Crippen LogP contribution in [0.4, 0.5) is 11.5 Å². The number of hydrogen-bond donors (Lipinski definition) is 1. The van der Waals surface area contributed by atoms with Gasteiger partial charge < -0.3 is 10.1 Å². The molecule has 1 N–H and O–H groups in total. The van der Waals surface area contributed by atoms with Crippen molar-refractivity contribution < 1.29 is 9.53 Å². The van der Waals surface area contributed by atoms with E-state index in [0.717, 1.165) is 16.5 Å². The maximum atomic E-state index is 12.7. The van der Waals surface area contributed by atoms with Crippen LogP contribution in [0.1, 0.15) is 20.8 Å². The number of carbonyl (C=O) groups excluding carboxylic acids is 1. The molecule has 0 amide bonds. The number of ether oxygens (including phenoxy) is 1. The molecule has 2 heterocycles. The number of halogens is 2. The molecule has 8 heteroatoms. The van der Waals surface area contributed by atoms with Crippen molar-refractivity contribution in [1.29, 1.82) is 0 Å². The molecule has 0 aliphatic heterocycles. The zero-order valence-electron chi connectivity index (χ0n) is 15.3. The zero-order valence-corrected chi connectivity index (χ0v) is 17.6. The maximum absolute atomic E-state index is 12.7. The third kappa shape index (κ3) is 4.19. The summed E-state index contributed by atoms with van der Waals surface area (Å²) in [6.45, 7) is 2.07. The van der Waals surface area contributed by atoms with E-state index in [2.05, 4.69) is 15.3 Å². The second kappa shape index (κ2) is 8.37. The van der Waals surface area contributed by atoms with Crippen molar-refractivity contribution in [1.82, 2.24) is 9.97 Å². The summed E-state index contributed by atoms with van der Waals surface area (Å²) in [5.74, 6) is 0.180. The Kier molecular flexibility index (Phi) is 5.67. The van der Waals surface area contributed by atoms with Crippen LogP contribution in [-0.2, 0) is 11.3 Å². The van der Waals surface area contributed by atoms with Gasteiger partial charge in [-0.15, -0.1) is 11.3 Å². The van der Waals surface area contributed by atoms with Crippen LogP contribution < -0.4 is 5.32 Å². The van der Waals surface area contributed by atoms with Gasteiger partial charge in [-0.3, -0.25) is 0 Å². The summed E-state index contributed by atoms with van der Waals surface area (Å²) in [7, 11) is 0. The van der Waals surface area contributed by atoms with Gasteiger partial charge in [0.15, 0.2) is 0 Å². The number of esters is 1. The van der Waals surface area contributed by atoms with Crippen LogP contribution in [-0.4, -0.2) is 15.9 Å². The minimum atomic E-state index is -0.384. The van der Waals surface area contributed by atoms with Crippen LogP contribution in [0.15, 0.2) is 54.9 Å². The van der Waals surface area contributed by atoms with Crippen LogP contribution in [0.2, 0.25) is 10.0 Å². The average molecular weight is 444 g/mol. The number of thiophene rings is 1. The standard InChI is InChI=1S/C21H15Cl2N3O2S/c1-12-17-19(26-16-8-7-14(22)9-15(16)23)24-11-25-20(17)29-18(12)21(27)28-10-13-5-3-2-4-6-13/h2-9,11H,10H2,1H3,(H,24,25,26). The molecule has 4 rings (SSSR count). The van der Waals surface area contributed by atoms with Crippen LogP contribution in [0.3, 0.4) is 0 Å². The van der Waals surface area contributed by atoms with E-state index >= 15 is 0 Å². The number of anilines is 2. The molecule has 0 unspecified atom stereocenters. The van der Waals surface area contributed by atoms with Gasteiger partial charge in [-0.1, -0.05) is 53.5 Å². The molecule has 5 nitrogen and oxygen atoms in total. The third-order valence-corrected chi connectivity index (χ3v) is 6.04. The molecule has 0 atom stereocenters. The van der Waals surface area contributed by atoms with Crippen molar-refractivity contribution in [2.75, 3.05) is 5.32 Å². The van der Waals surface area contributed by atoms with Gasteiger partial charge in [0, 0.05) is 5.02 Å². The Morgan fingerprint density at radius 2 is 1.93 bits per heavy atom. The molecule has 0 fully saturated rings. The minimum absolute atomic E-state index is 0.213. The Hall–Kier alpha value is -2.67. The Balaban J connectivity index is 1.63. The molecule has 146 valence electrons. The van der Waals surface area contributed by atoms with Crippen molar-refractivity contribution in [3.63, 3.8) is 0 Å². The fourth-order valence-electron chi connectivity index (χ4n) is 2.87. The number of nitrogens with one attached hydrogen (secondary N) is 1. The summed E-state index contributed by atoms with van der Waals surface area (Å²) in [6.07, 6.45) is 1.45. The molecule has 4 aromatic rings. The fraction of sp³-hybridized carbons (Fsp3) is 0.0952. The number of aryl methyl sites for hydroxylation is 1. The number of fused-ring (bicyclic) bond motifs is 1. The molecule has 0 aliphatic rings. The van der Waals surface area contributed by atoms with E-state index in [-0.39, 0.29) is 12.6 Å². The second-order valence-electron chi connectivity index (χ2n) is 6.27. The molecule has 0 aliphatic carbocycles.